The zero-order valence-electron chi connectivity index (χ0n) is 20.1. The summed E-state index contributed by atoms with van der Waals surface area (Å²) in [5.41, 5.74) is 2.19. The lowest BCUT2D eigenvalue weighted by Crippen LogP contribution is -2.44. The monoisotopic (exact) mass is 497 g/mol. The highest BCUT2D eigenvalue weighted by molar-refractivity contribution is 6.00. The largest absolute Gasteiger partial charge is 0.492 e. The van der Waals surface area contributed by atoms with Crippen molar-refractivity contribution in [2.24, 2.45) is 0 Å². The predicted molar refractivity (Wildman–Crippen MR) is 134 cm³/mol. The third-order valence-corrected chi connectivity index (χ3v) is 6.57. The zero-order chi connectivity index (χ0) is 25.4. The number of halogens is 1. The molecule has 1 saturated carbocycles. The minimum absolute atomic E-state index is 0.00207. The van der Waals surface area contributed by atoms with Gasteiger partial charge in [0.25, 0.3) is 5.91 Å². The molecule has 4 aromatic heterocycles. The lowest BCUT2D eigenvalue weighted by Gasteiger charge is -2.35. The highest BCUT2D eigenvalue weighted by atomic mass is 19.1. The van der Waals surface area contributed by atoms with Gasteiger partial charge in [-0.3, -0.25) is 9.36 Å². The van der Waals surface area contributed by atoms with E-state index < -0.39 is 0 Å². The maximum Gasteiger partial charge on any atom is 0.255 e. The fourth-order valence-electron chi connectivity index (χ4n) is 4.68. The minimum atomic E-state index is -0.381. The molecule has 0 spiro atoms. The van der Waals surface area contributed by atoms with Gasteiger partial charge in [0.2, 0.25) is 0 Å². The van der Waals surface area contributed by atoms with E-state index in [9.17, 15) is 9.18 Å². The molecule has 37 heavy (non-hydrogen) atoms. The van der Waals surface area contributed by atoms with Crippen LogP contribution in [0.25, 0.3) is 22.7 Å². The first-order valence-electron chi connectivity index (χ1n) is 12.1. The maximum atomic E-state index is 14.9. The normalized spacial score (nSPS) is 16.9. The first-order chi connectivity index (χ1) is 18.1. The van der Waals surface area contributed by atoms with Crippen LogP contribution in [0.4, 0.5) is 4.39 Å². The van der Waals surface area contributed by atoms with Crippen molar-refractivity contribution in [1.29, 1.82) is 0 Å². The molecule has 9 nitrogen and oxygen atoms in total. The lowest BCUT2D eigenvalue weighted by molar-refractivity contribution is 0.0908. The van der Waals surface area contributed by atoms with Crippen LogP contribution < -0.4 is 10.1 Å². The number of carbonyl (C=O) groups excluding carboxylic acids is 1. The van der Waals surface area contributed by atoms with Gasteiger partial charge in [0.1, 0.15) is 23.1 Å². The van der Waals surface area contributed by atoms with Gasteiger partial charge in [-0.15, -0.1) is 10.2 Å². The molecule has 1 aliphatic rings. The zero-order valence-corrected chi connectivity index (χ0v) is 20.1. The summed E-state index contributed by atoms with van der Waals surface area (Å²) in [5.74, 6) is 1.18. The molecule has 5 aromatic rings. The minimum Gasteiger partial charge on any atom is -0.492 e. The van der Waals surface area contributed by atoms with Crippen LogP contribution in [0.2, 0.25) is 0 Å². The van der Waals surface area contributed by atoms with Crippen LogP contribution in [0, 0.1) is 5.82 Å². The Morgan fingerprint density at radius 2 is 1.92 bits per heavy atom. The van der Waals surface area contributed by atoms with Crippen molar-refractivity contribution >= 4 is 11.4 Å². The van der Waals surface area contributed by atoms with E-state index in [0.717, 1.165) is 5.52 Å². The number of hydrogen-bond acceptors (Lipinski definition) is 6. The van der Waals surface area contributed by atoms with Crippen molar-refractivity contribution in [1.82, 2.24) is 34.7 Å². The summed E-state index contributed by atoms with van der Waals surface area (Å²) in [5, 5.41) is 16.2. The molecule has 186 valence electrons. The van der Waals surface area contributed by atoms with E-state index in [-0.39, 0.29) is 23.7 Å². The van der Waals surface area contributed by atoms with E-state index in [1.54, 1.807) is 58.0 Å². The number of ether oxygens (including phenoxy) is 1. The number of rotatable bonds is 7. The van der Waals surface area contributed by atoms with Gasteiger partial charge < -0.3 is 10.1 Å². The second kappa shape index (κ2) is 9.45. The fourth-order valence-corrected chi connectivity index (χ4v) is 4.68. The van der Waals surface area contributed by atoms with Gasteiger partial charge in [-0.25, -0.2) is 13.9 Å². The molecule has 0 atom stereocenters. The molecule has 1 fully saturated rings. The molecule has 0 bridgehead atoms. The van der Waals surface area contributed by atoms with Gasteiger partial charge in [0.15, 0.2) is 5.82 Å². The average molecular weight is 498 g/mol. The molecule has 1 amide bonds. The Morgan fingerprint density at radius 1 is 1.08 bits per heavy atom. The standard InChI is InChI=1S/C27H24FN7O2/c1-2-37-19-10-11-22(29-15-19)26-33-32-25(35(26)24-9-4-3-7-21(24)28)17-13-18(14-17)31-27(36)20-16-30-34-12-6-5-8-23(20)34/h3-12,15-18H,2,13-14H2,1H3,(H,31,36). The first-order valence-corrected chi connectivity index (χ1v) is 12.1. The molecule has 1 N–H and O–H groups in total. The van der Waals surface area contributed by atoms with Crippen LogP contribution in [0.5, 0.6) is 5.75 Å². The Morgan fingerprint density at radius 3 is 2.70 bits per heavy atom. The number of carbonyl (C=O) groups is 1. The van der Waals surface area contributed by atoms with Crippen molar-refractivity contribution in [3.8, 4) is 23.0 Å². The quantitative estimate of drug-likeness (QED) is 0.362. The van der Waals surface area contributed by atoms with E-state index in [0.29, 0.717) is 53.8 Å². The number of fused-ring (bicyclic) bond motifs is 1. The van der Waals surface area contributed by atoms with Gasteiger partial charge >= 0.3 is 0 Å². The van der Waals surface area contributed by atoms with E-state index in [2.05, 4.69) is 25.6 Å². The summed E-state index contributed by atoms with van der Waals surface area (Å²) in [6.45, 7) is 2.44. The third-order valence-electron chi connectivity index (χ3n) is 6.57. The van der Waals surface area contributed by atoms with Gasteiger partial charge in [-0.2, -0.15) is 5.10 Å². The maximum absolute atomic E-state index is 14.9. The summed E-state index contributed by atoms with van der Waals surface area (Å²) in [4.78, 5) is 17.4. The second-order valence-corrected chi connectivity index (χ2v) is 8.91. The molecular weight excluding hydrogens is 473 g/mol. The summed E-state index contributed by atoms with van der Waals surface area (Å²) in [6, 6.07) is 15.7. The topological polar surface area (TPSA) is 99.2 Å². The second-order valence-electron chi connectivity index (χ2n) is 8.91. The third kappa shape index (κ3) is 4.20. The average Bonchev–Trinajstić information content (AvgIpc) is 3.52. The van der Waals surface area contributed by atoms with E-state index in [1.807, 2.05) is 25.1 Å². The molecule has 1 aliphatic carbocycles. The Kier molecular flexibility index (Phi) is 5.84. The van der Waals surface area contributed by atoms with Crippen molar-refractivity contribution in [2.75, 3.05) is 6.61 Å². The number of benzene rings is 1. The van der Waals surface area contributed by atoms with Crippen molar-refractivity contribution in [3.63, 3.8) is 0 Å². The van der Waals surface area contributed by atoms with Crippen LogP contribution in [-0.2, 0) is 0 Å². The number of nitrogens with zero attached hydrogens (tertiary/aromatic N) is 6. The summed E-state index contributed by atoms with van der Waals surface area (Å²) >= 11 is 0. The predicted octanol–water partition coefficient (Wildman–Crippen LogP) is 4.19. The molecule has 0 aliphatic heterocycles. The summed E-state index contributed by atoms with van der Waals surface area (Å²) < 4.78 is 23.8. The number of pyridine rings is 2. The number of nitrogens with one attached hydrogen (secondary N) is 1. The first kappa shape index (κ1) is 22.8. The Balaban J connectivity index is 1.25. The van der Waals surface area contributed by atoms with Crippen molar-refractivity contribution in [2.45, 2.75) is 31.7 Å². The van der Waals surface area contributed by atoms with E-state index in [1.165, 1.54) is 6.07 Å². The van der Waals surface area contributed by atoms with E-state index in [4.69, 9.17) is 4.74 Å². The van der Waals surface area contributed by atoms with Crippen LogP contribution >= 0.6 is 0 Å². The van der Waals surface area contributed by atoms with Gasteiger partial charge in [0, 0.05) is 18.2 Å². The van der Waals surface area contributed by atoms with Crippen LogP contribution in [0.15, 0.2) is 73.2 Å². The number of para-hydroxylation sites is 1. The van der Waals surface area contributed by atoms with Gasteiger partial charge in [0.05, 0.1) is 35.8 Å². The van der Waals surface area contributed by atoms with Crippen LogP contribution in [0.3, 0.4) is 0 Å². The molecule has 4 heterocycles. The Labute approximate surface area is 211 Å². The molecule has 10 heteroatoms. The lowest BCUT2D eigenvalue weighted by atomic mass is 9.79. The van der Waals surface area contributed by atoms with Crippen LogP contribution in [0.1, 0.15) is 41.9 Å². The fraction of sp³-hybridized carbons (Fsp3) is 0.222. The summed E-state index contributed by atoms with van der Waals surface area (Å²) in [6.07, 6.45) is 6.32. The number of amides is 1. The Hall–Kier alpha value is -4.60. The molecule has 6 rings (SSSR count). The van der Waals surface area contributed by atoms with E-state index >= 15 is 0 Å². The van der Waals surface area contributed by atoms with Crippen molar-refractivity contribution < 1.29 is 13.9 Å². The summed E-state index contributed by atoms with van der Waals surface area (Å²) in [7, 11) is 0. The molecule has 0 radical (unpaired) electrons. The highest BCUT2D eigenvalue weighted by Gasteiger charge is 2.37. The van der Waals surface area contributed by atoms with Crippen molar-refractivity contribution in [3.05, 3.63) is 90.4 Å². The molecular formula is C27H24FN7O2. The van der Waals surface area contributed by atoms with Crippen LogP contribution in [-0.4, -0.2) is 47.9 Å². The SMILES string of the molecule is CCOc1ccc(-c2nnc(C3CC(NC(=O)c4cnn5ccccc45)C3)n2-c2ccccc2F)nc1. The highest BCUT2D eigenvalue weighted by Crippen LogP contribution is 2.39. The van der Waals surface area contributed by atoms with Gasteiger partial charge in [-0.1, -0.05) is 18.2 Å². The number of hydrogen-bond donors (Lipinski definition) is 1. The van der Waals surface area contributed by atoms with Gasteiger partial charge in [-0.05, 0) is 56.2 Å². The smallest absolute Gasteiger partial charge is 0.255 e. The molecule has 0 unspecified atom stereocenters. The Bertz CT molecular complexity index is 1570. The molecule has 1 aromatic carbocycles. The molecule has 0 saturated heterocycles. The number of aromatic nitrogens is 6.